The van der Waals surface area contributed by atoms with E-state index in [-0.39, 0.29) is 0 Å². The van der Waals surface area contributed by atoms with Gasteiger partial charge in [-0.25, -0.2) is 15.8 Å². The van der Waals surface area contributed by atoms with Crippen molar-refractivity contribution in [2.24, 2.45) is 5.84 Å². The summed E-state index contributed by atoms with van der Waals surface area (Å²) in [6.45, 7) is 0. The first-order valence-electron chi connectivity index (χ1n) is 5.72. The predicted molar refractivity (Wildman–Crippen MR) is 75.0 cm³/mol. The zero-order valence-electron chi connectivity index (χ0n) is 10.0. The van der Waals surface area contributed by atoms with Crippen LogP contribution < -0.4 is 17.0 Å². The fraction of sp³-hybridized carbons (Fsp3) is 0. The molecule has 19 heavy (non-hydrogen) atoms. The Labute approximate surface area is 109 Å². The number of nitrogens with zero attached hydrogens (tertiary/aromatic N) is 3. The lowest BCUT2D eigenvalue weighted by molar-refractivity contribution is 1.17. The molecule has 0 saturated heterocycles. The van der Waals surface area contributed by atoms with Gasteiger partial charge >= 0.3 is 0 Å². The fourth-order valence-corrected chi connectivity index (χ4v) is 1.94. The number of nitrogen functional groups attached to an aromatic ring is 2. The molecular weight excluding hydrogens is 240 g/mol. The van der Waals surface area contributed by atoms with Gasteiger partial charge in [0.25, 0.3) is 0 Å². The summed E-state index contributed by atoms with van der Waals surface area (Å²) >= 11 is 0. The van der Waals surface area contributed by atoms with Crippen LogP contribution in [0.25, 0.3) is 22.2 Å². The van der Waals surface area contributed by atoms with Crippen LogP contribution in [0.1, 0.15) is 0 Å². The first-order valence-corrected chi connectivity index (χ1v) is 5.72. The van der Waals surface area contributed by atoms with Crippen LogP contribution in [-0.4, -0.2) is 15.0 Å². The smallest absolute Gasteiger partial charge is 0.169 e. The van der Waals surface area contributed by atoms with Gasteiger partial charge in [0.15, 0.2) is 5.82 Å². The van der Waals surface area contributed by atoms with Crippen molar-refractivity contribution in [1.29, 1.82) is 0 Å². The zero-order valence-corrected chi connectivity index (χ0v) is 10.0. The summed E-state index contributed by atoms with van der Waals surface area (Å²) in [6.07, 6.45) is 3.27. The van der Waals surface area contributed by atoms with Gasteiger partial charge in [-0.2, -0.15) is 0 Å². The van der Waals surface area contributed by atoms with Crippen LogP contribution in [0.15, 0.2) is 42.7 Å². The normalized spacial score (nSPS) is 10.6. The Morgan fingerprint density at radius 3 is 2.84 bits per heavy atom. The zero-order chi connectivity index (χ0) is 13.2. The minimum absolute atomic E-state index is 0.319. The molecule has 0 bridgehead atoms. The summed E-state index contributed by atoms with van der Waals surface area (Å²) < 4.78 is 0. The molecule has 0 spiro atoms. The molecule has 6 heteroatoms. The van der Waals surface area contributed by atoms with Crippen molar-refractivity contribution in [3.05, 3.63) is 42.7 Å². The number of hydrogen-bond acceptors (Lipinski definition) is 6. The lowest BCUT2D eigenvalue weighted by Gasteiger charge is -2.08. The van der Waals surface area contributed by atoms with E-state index in [2.05, 4.69) is 20.4 Å². The van der Waals surface area contributed by atoms with E-state index in [0.717, 1.165) is 16.5 Å². The number of nitrogens with one attached hydrogen (secondary N) is 1. The molecule has 0 aliphatic carbocycles. The summed E-state index contributed by atoms with van der Waals surface area (Å²) in [4.78, 5) is 12.7. The molecule has 0 atom stereocenters. The Morgan fingerprint density at radius 2 is 2.00 bits per heavy atom. The molecule has 2 aromatic heterocycles. The summed E-state index contributed by atoms with van der Waals surface area (Å²) in [5, 5.41) is 1.03. The quantitative estimate of drug-likeness (QED) is 0.472. The molecular formula is C13H12N6. The van der Waals surface area contributed by atoms with Crippen molar-refractivity contribution in [2.75, 3.05) is 11.2 Å². The molecule has 0 radical (unpaired) electrons. The second-order valence-electron chi connectivity index (χ2n) is 4.05. The SMILES string of the molecule is NNc1nc(N)cnc1-c1ccc2ncccc2c1. The minimum atomic E-state index is 0.319. The van der Waals surface area contributed by atoms with Gasteiger partial charge in [0, 0.05) is 17.1 Å². The van der Waals surface area contributed by atoms with Gasteiger partial charge in [-0.15, -0.1) is 0 Å². The van der Waals surface area contributed by atoms with Crippen LogP contribution in [0.5, 0.6) is 0 Å². The first kappa shape index (κ1) is 11.4. The van der Waals surface area contributed by atoms with Crippen molar-refractivity contribution in [3.63, 3.8) is 0 Å². The molecule has 6 nitrogen and oxygen atoms in total. The van der Waals surface area contributed by atoms with Crippen LogP contribution in [-0.2, 0) is 0 Å². The lowest BCUT2D eigenvalue weighted by Crippen LogP contribution is -2.11. The Balaban J connectivity index is 2.18. The Bertz CT molecular complexity index is 740. The molecule has 3 aromatic rings. The highest BCUT2D eigenvalue weighted by molar-refractivity contribution is 5.85. The van der Waals surface area contributed by atoms with E-state index >= 15 is 0 Å². The summed E-state index contributed by atoms with van der Waals surface area (Å²) in [5.41, 5.74) is 10.6. The summed E-state index contributed by atoms with van der Waals surface area (Å²) in [6, 6.07) is 9.73. The maximum absolute atomic E-state index is 5.59. The highest BCUT2D eigenvalue weighted by atomic mass is 15.3. The van der Waals surface area contributed by atoms with Crippen molar-refractivity contribution >= 4 is 22.5 Å². The van der Waals surface area contributed by atoms with E-state index < -0.39 is 0 Å². The number of aromatic nitrogens is 3. The Morgan fingerprint density at radius 1 is 1.11 bits per heavy atom. The van der Waals surface area contributed by atoms with Crippen LogP contribution in [0.3, 0.4) is 0 Å². The molecule has 94 valence electrons. The number of nitrogens with two attached hydrogens (primary N) is 2. The van der Waals surface area contributed by atoms with E-state index in [0.29, 0.717) is 17.3 Å². The maximum atomic E-state index is 5.59. The Kier molecular flexibility index (Phi) is 2.70. The third-order valence-corrected chi connectivity index (χ3v) is 2.80. The van der Waals surface area contributed by atoms with Crippen LogP contribution in [0, 0.1) is 0 Å². The topological polar surface area (TPSA) is 103 Å². The number of hydrogen-bond donors (Lipinski definition) is 3. The van der Waals surface area contributed by atoms with E-state index in [1.165, 1.54) is 6.20 Å². The molecule has 0 fully saturated rings. The largest absolute Gasteiger partial charge is 0.382 e. The van der Waals surface area contributed by atoms with Gasteiger partial charge in [0.1, 0.15) is 11.5 Å². The number of anilines is 2. The summed E-state index contributed by atoms with van der Waals surface area (Å²) in [7, 11) is 0. The predicted octanol–water partition coefficient (Wildman–Crippen LogP) is 1.56. The first-order chi connectivity index (χ1) is 9.28. The standard InChI is InChI=1S/C13H12N6/c14-11-7-17-12(13(18-11)19-15)9-3-4-10-8(6-9)2-1-5-16-10/h1-7H,15H2,(H3,14,18,19). The van der Waals surface area contributed by atoms with E-state index in [4.69, 9.17) is 11.6 Å². The molecule has 0 unspecified atom stereocenters. The Hall–Kier alpha value is -2.73. The second-order valence-corrected chi connectivity index (χ2v) is 4.05. The van der Waals surface area contributed by atoms with Crippen LogP contribution in [0.2, 0.25) is 0 Å². The van der Waals surface area contributed by atoms with E-state index in [1.54, 1.807) is 6.20 Å². The van der Waals surface area contributed by atoms with Gasteiger partial charge in [-0.3, -0.25) is 4.98 Å². The van der Waals surface area contributed by atoms with Crippen molar-refractivity contribution in [2.45, 2.75) is 0 Å². The van der Waals surface area contributed by atoms with Gasteiger partial charge in [0.2, 0.25) is 0 Å². The monoisotopic (exact) mass is 252 g/mol. The van der Waals surface area contributed by atoms with Crippen LogP contribution in [0.4, 0.5) is 11.6 Å². The van der Waals surface area contributed by atoms with Crippen molar-refractivity contribution in [3.8, 4) is 11.3 Å². The molecule has 0 saturated carbocycles. The number of benzene rings is 1. The average molecular weight is 252 g/mol. The number of hydrazine groups is 1. The lowest BCUT2D eigenvalue weighted by atomic mass is 10.1. The van der Waals surface area contributed by atoms with Gasteiger partial charge in [0.05, 0.1) is 11.7 Å². The molecule has 0 amide bonds. The summed E-state index contributed by atoms with van der Waals surface area (Å²) in [5.74, 6) is 6.22. The van der Waals surface area contributed by atoms with E-state index in [1.807, 2.05) is 30.3 Å². The van der Waals surface area contributed by atoms with Crippen LogP contribution >= 0.6 is 0 Å². The third-order valence-electron chi connectivity index (χ3n) is 2.80. The maximum Gasteiger partial charge on any atom is 0.169 e. The minimum Gasteiger partial charge on any atom is -0.382 e. The molecule has 2 heterocycles. The molecule has 1 aromatic carbocycles. The number of pyridine rings is 1. The average Bonchev–Trinajstić information content (AvgIpc) is 2.46. The molecule has 3 rings (SSSR count). The number of rotatable bonds is 2. The highest BCUT2D eigenvalue weighted by Crippen LogP contribution is 2.26. The molecule has 0 aliphatic heterocycles. The molecule has 0 aliphatic rings. The highest BCUT2D eigenvalue weighted by Gasteiger charge is 2.09. The molecule has 5 N–H and O–H groups in total. The van der Waals surface area contributed by atoms with Gasteiger partial charge in [-0.05, 0) is 18.2 Å². The third kappa shape index (κ3) is 2.04. The number of fused-ring (bicyclic) bond motifs is 1. The van der Waals surface area contributed by atoms with E-state index in [9.17, 15) is 0 Å². The van der Waals surface area contributed by atoms with Crippen molar-refractivity contribution < 1.29 is 0 Å². The second kappa shape index (κ2) is 4.51. The van der Waals surface area contributed by atoms with Gasteiger partial charge < -0.3 is 11.2 Å². The fourth-order valence-electron chi connectivity index (χ4n) is 1.94. The van der Waals surface area contributed by atoms with Gasteiger partial charge in [-0.1, -0.05) is 12.1 Å². The van der Waals surface area contributed by atoms with Crippen molar-refractivity contribution in [1.82, 2.24) is 15.0 Å².